The standard InChI is InChI=1S/C17H36N4O.HI/c1-6-8-9-20(5)17(18-7-2)19-14-16(15(3)4)21-10-12-22-13-11-21;/h15-16H,6-14H2,1-5H3,(H,18,19);1H. The van der Waals surface area contributed by atoms with Gasteiger partial charge in [-0.15, -0.1) is 24.0 Å². The van der Waals surface area contributed by atoms with Crippen molar-refractivity contribution in [2.75, 3.05) is 53.0 Å². The van der Waals surface area contributed by atoms with Crippen LogP contribution in [-0.2, 0) is 4.74 Å². The van der Waals surface area contributed by atoms with E-state index >= 15 is 0 Å². The van der Waals surface area contributed by atoms with Gasteiger partial charge in [0, 0.05) is 39.3 Å². The quantitative estimate of drug-likeness (QED) is 0.358. The average Bonchev–Trinajstić information content (AvgIpc) is 2.52. The molecular formula is C17H37IN4O. The Bertz CT molecular complexity index is 320. The maximum Gasteiger partial charge on any atom is 0.193 e. The molecule has 0 bridgehead atoms. The number of guanidine groups is 1. The van der Waals surface area contributed by atoms with Crippen LogP contribution in [-0.4, -0.2) is 74.8 Å². The highest BCUT2D eigenvalue weighted by Crippen LogP contribution is 2.13. The third-order valence-electron chi connectivity index (χ3n) is 4.26. The van der Waals surface area contributed by atoms with Gasteiger partial charge >= 0.3 is 0 Å². The largest absolute Gasteiger partial charge is 0.379 e. The molecule has 5 nitrogen and oxygen atoms in total. The summed E-state index contributed by atoms with van der Waals surface area (Å²) < 4.78 is 5.48. The summed E-state index contributed by atoms with van der Waals surface area (Å²) in [6.07, 6.45) is 2.42. The fourth-order valence-corrected chi connectivity index (χ4v) is 2.81. The lowest BCUT2D eigenvalue weighted by Crippen LogP contribution is -2.48. The lowest BCUT2D eigenvalue weighted by atomic mass is 10.0. The first-order chi connectivity index (χ1) is 10.6. The normalized spacial score (nSPS) is 17.7. The predicted octanol–water partition coefficient (Wildman–Crippen LogP) is 2.66. The summed E-state index contributed by atoms with van der Waals surface area (Å²) in [6, 6.07) is 0.497. The molecule has 1 aliphatic rings. The molecule has 0 aromatic heterocycles. The average molecular weight is 440 g/mol. The van der Waals surface area contributed by atoms with Crippen LogP contribution in [0.3, 0.4) is 0 Å². The van der Waals surface area contributed by atoms with Gasteiger partial charge in [0.15, 0.2) is 5.96 Å². The van der Waals surface area contributed by atoms with Crippen LogP contribution in [0.5, 0.6) is 0 Å². The van der Waals surface area contributed by atoms with Gasteiger partial charge in [-0.25, -0.2) is 0 Å². The summed E-state index contributed by atoms with van der Waals surface area (Å²) in [7, 11) is 2.14. The monoisotopic (exact) mass is 440 g/mol. The summed E-state index contributed by atoms with van der Waals surface area (Å²) in [6.45, 7) is 15.5. The van der Waals surface area contributed by atoms with E-state index in [1.165, 1.54) is 12.8 Å². The van der Waals surface area contributed by atoms with Crippen molar-refractivity contribution in [3.8, 4) is 0 Å². The van der Waals surface area contributed by atoms with Crippen LogP contribution in [0.4, 0.5) is 0 Å². The van der Waals surface area contributed by atoms with Gasteiger partial charge in [0.25, 0.3) is 0 Å². The van der Waals surface area contributed by atoms with Gasteiger partial charge in [-0.1, -0.05) is 27.2 Å². The number of morpholine rings is 1. The zero-order chi connectivity index (χ0) is 16.4. The van der Waals surface area contributed by atoms with E-state index in [-0.39, 0.29) is 24.0 Å². The van der Waals surface area contributed by atoms with E-state index in [1.54, 1.807) is 0 Å². The highest BCUT2D eigenvalue weighted by atomic mass is 127. The van der Waals surface area contributed by atoms with E-state index < -0.39 is 0 Å². The van der Waals surface area contributed by atoms with Crippen molar-refractivity contribution in [3.05, 3.63) is 0 Å². The maximum absolute atomic E-state index is 5.48. The lowest BCUT2D eigenvalue weighted by molar-refractivity contribution is 0.00863. The number of hydrogen-bond acceptors (Lipinski definition) is 3. The Morgan fingerprint density at radius 3 is 2.43 bits per heavy atom. The van der Waals surface area contributed by atoms with Crippen molar-refractivity contribution in [3.63, 3.8) is 0 Å². The Kier molecular flexibility index (Phi) is 13.2. The highest BCUT2D eigenvalue weighted by Gasteiger charge is 2.23. The first-order valence-corrected chi connectivity index (χ1v) is 8.91. The first-order valence-electron chi connectivity index (χ1n) is 8.91. The molecule has 0 spiro atoms. The molecule has 23 heavy (non-hydrogen) atoms. The molecule has 1 unspecified atom stereocenters. The summed E-state index contributed by atoms with van der Waals surface area (Å²) >= 11 is 0. The smallest absolute Gasteiger partial charge is 0.193 e. The number of ether oxygens (including phenoxy) is 1. The summed E-state index contributed by atoms with van der Waals surface area (Å²) in [4.78, 5) is 9.70. The molecule has 0 saturated carbocycles. The molecule has 138 valence electrons. The van der Waals surface area contributed by atoms with Crippen LogP contribution in [0.15, 0.2) is 4.99 Å². The van der Waals surface area contributed by atoms with Crippen LogP contribution in [0.25, 0.3) is 0 Å². The van der Waals surface area contributed by atoms with Gasteiger partial charge in [0.05, 0.1) is 19.8 Å². The number of nitrogens with one attached hydrogen (secondary N) is 1. The number of aliphatic imine (C=N–C) groups is 1. The molecule has 1 heterocycles. The molecule has 0 aliphatic carbocycles. The molecule has 1 rings (SSSR count). The van der Waals surface area contributed by atoms with E-state index in [2.05, 4.69) is 49.9 Å². The Balaban J connectivity index is 0.00000484. The summed E-state index contributed by atoms with van der Waals surface area (Å²) in [5.41, 5.74) is 0. The molecular weight excluding hydrogens is 403 g/mol. The van der Waals surface area contributed by atoms with Crippen molar-refractivity contribution in [1.82, 2.24) is 15.1 Å². The zero-order valence-corrected chi connectivity index (χ0v) is 18.0. The fourth-order valence-electron chi connectivity index (χ4n) is 2.81. The van der Waals surface area contributed by atoms with E-state index in [1.807, 2.05) is 0 Å². The Morgan fingerprint density at radius 1 is 1.26 bits per heavy atom. The highest BCUT2D eigenvalue weighted by molar-refractivity contribution is 14.0. The second kappa shape index (κ2) is 13.2. The second-order valence-corrected chi connectivity index (χ2v) is 6.43. The van der Waals surface area contributed by atoms with E-state index in [0.29, 0.717) is 12.0 Å². The number of unbranched alkanes of at least 4 members (excludes halogenated alkanes) is 1. The fraction of sp³-hybridized carbons (Fsp3) is 0.941. The molecule has 1 N–H and O–H groups in total. The number of nitrogens with zero attached hydrogens (tertiary/aromatic N) is 3. The van der Waals surface area contributed by atoms with Crippen LogP contribution >= 0.6 is 24.0 Å². The molecule has 0 radical (unpaired) electrons. The van der Waals surface area contributed by atoms with E-state index in [4.69, 9.17) is 9.73 Å². The summed E-state index contributed by atoms with van der Waals surface area (Å²) in [5.74, 6) is 1.64. The minimum absolute atomic E-state index is 0. The van der Waals surface area contributed by atoms with Gasteiger partial charge in [-0.2, -0.15) is 0 Å². The van der Waals surface area contributed by atoms with Crippen LogP contribution in [0.1, 0.15) is 40.5 Å². The minimum atomic E-state index is 0. The maximum atomic E-state index is 5.48. The molecule has 1 atom stereocenters. The van der Waals surface area contributed by atoms with Gasteiger partial charge in [0.1, 0.15) is 0 Å². The molecule has 0 aromatic rings. The number of halogens is 1. The predicted molar refractivity (Wildman–Crippen MR) is 110 cm³/mol. The van der Waals surface area contributed by atoms with Crippen LogP contribution < -0.4 is 5.32 Å². The Labute approximate surface area is 160 Å². The molecule has 1 aliphatic heterocycles. The van der Waals surface area contributed by atoms with Crippen molar-refractivity contribution in [1.29, 1.82) is 0 Å². The molecule has 1 fully saturated rings. The topological polar surface area (TPSA) is 40.1 Å². The van der Waals surface area contributed by atoms with Crippen molar-refractivity contribution in [2.24, 2.45) is 10.9 Å². The van der Waals surface area contributed by atoms with Gasteiger partial charge in [0.2, 0.25) is 0 Å². The Morgan fingerprint density at radius 2 is 1.91 bits per heavy atom. The van der Waals surface area contributed by atoms with Crippen molar-refractivity contribution < 1.29 is 4.74 Å². The molecule has 0 aromatic carbocycles. The summed E-state index contributed by atoms with van der Waals surface area (Å²) in [5, 5.41) is 3.42. The molecule has 6 heteroatoms. The van der Waals surface area contributed by atoms with E-state index in [9.17, 15) is 0 Å². The third kappa shape index (κ3) is 8.54. The number of hydrogen-bond donors (Lipinski definition) is 1. The van der Waals surface area contributed by atoms with Gasteiger partial charge in [-0.05, 0) is 19.3 Å². The number of rotatable bonds is 8. The Hall–Kier alpha value is -0.0800. The van der Waals surface area contributed by atoms with Crippen LogP contribution in [0, 0.1) is 5.92 Å². The molecule has 1 saturated heterocycles. The van der Waals surface area contributed by atoms with Crippen LogP contribution in [0.2, 0.25) is 0 Å². The van der Waals surface area contributed by atoms with Crippen molar-refractivity contribution >= 4 is 29.9 Å². The first kappa shape index (κ1) is 22.9. The second-order valence-electron chi connectivity index (χ2n) is 6.43. The zero-order valence-electron chi connectivity index (χ0n) is 15.7. The van der Waals surface area contributed by atoms with Crippen molar-refractivity contribution in [2.45, 2.75) is 46.6 Å². The van der Waals surface area contributed by atoms with Gasteiger partial charge in [-0.3, -0.25) is 9.89 Å². The minimum Gasteiger partial charge on any atom is -0.379 e. The molecule has 0 amide bonds. The van der Waals surface area contributed by atoms with Gasteiger partial charge < -0.3 is 15.0 Å². The SMILES string of the molecule is CCCCN(C)C(=NCC(C(C)C)N1CCOCC1)NCC.I. The third-order valence-corrected chi connectivity index (χ3v) is 4.26. The van der Waals surface area contributed by atoms with E-state index in [0.717, 1.165) is 51.9 Å². The lowest BCUT2D eigenvalue weighted by Gasteiger charge is -2.36.